The minimum Gasteiger partial charge on any atom is -0.386 e. The Morgan fingerprint density at radius 3 is 2.53 bits per heavy atom. The maximum absolute atomic E-state index is 12.8. The van der Waals surface area contributed by atoms with Gasteiger partial charge in [0.1, 0.15) is 5.82 Å². The number of aromatic nitrogens is 1. The van der Waals surface area contributed by atoms with Gasteiger partial charge in [0.2, 0.25) is 0 Å². The molecule has 19 heavy (non-hydrogen) atoms. The van der Waals surface area contributed by atoms with Gasteiger partial charge in [0, 0.05) is 18.0 Å². The zero-order valence-corrected chi connectivity index (χ0v) is 12.5. The Labute approximate surface area is 115 Å². The Morgan fingerprint density at radius 2 is 2.05 bits per heavy atom. The lowest BCUT2D eigenvalue weighted by Gasteiger charge is -2.37. The van der Waals surface area contributed by atoms with E-state index >= 15 is 0 Å². The molecule has 0 amide bonds. The molecule has 1 aromatic rings. The first-order valence-corrected chi connectivity index (χ1v) is 6.78. The third-order valence-corrected chi connectivity index (χ3v) is 4.05. The second-order valence-electron chi connectivity index (χ2n) is 5.87. The van der Waals surface area contributed by atoms with Crippen LogP contribution in [0.5, 0.6) is 0 Å². The topological polar surface area (TPSA) is 36.4 Å². The van der Waals surface area contributed by atoms with E-state index < -0.39 is 6.10 Å². The van der Waals surface area contributed by atoms with Crippen LogP contribution in [0.3, 0.4) is 0 Å². The zero-order valence-electron chi connectivity index (χ0n) is 12.5. The highest BCUT2D eigenvalue weighted by atomic mass is 19.1. The molecule has 0 aliphatic carbocycles. The molecular formula is C15H25FN2O. The van der Waals surface area contributed by atoms with Crippen molar-refractivity contribution in [1.82, 2.24) is 9.88 Å². The average Bonchev–Trinajstić information content (AvgIpc) is 2.38. The van der Waals surface area contributed by atoms with Crippen molar-refractivity contribution in [1.29, 1.82) is 0 Å². The number of pyridine rings is 1. The molecule has 1 rings (SSSR count). The second-order valence-corrected chi connectivity index (χ2v) is 5.87. The van der Waals surface area contributed by atoms with Gasteiger partial charge in [-0.3, -0.25) is 4.98 Å². The van der Waals surface area contributed by atoms with Crippen LogP contribution in [0, 0.1) is 11.7 Å². The van der Waals surface area contributed by atoms with Gasteiger partial charge in [0.05, 0.1) is 18.0 Å². The summed E-state index contributed by atoms with van der Waals surface area (Å²) >= 11 is 0. The van der Waals surface area contributed by atoms with Crippen LogP contribution in [0.1, 0.15) is 45.9 Å². The Bertz CT molecular complexity index is 392. The van der Waals surface area contributed by atoms with Gasteiger partial charge >= 0.3 is 0 Å². The lowest BCUT2D eigenvalue weighted by molar-refractivity contribution is 0.0587. The largest absolute Gasteiger partial charge is 0.386 e. The molecule has 0 bridgehead atoms. The van der Waals surface area contributed by atoms with Crippen molar-refractivity contribution in [2.75, 3.05) is 13.6 Å². The summed E-state index contributed by atoms with van der Waals surface area (Å²) in [6.07, 6.45) is 1.52. The van der Waals surface area contributed by atoms with E-state index in [1.807, 2.05) is 6.92 Å². The van der Waals surface area contributed by atoms with E-state index in [4.69, 9.17) is 0 Å². The second kappa shape index (κ2) is 6.44. The third-order valence-electron chi connectivity index (χ3n) is 4.05. The highest BCUT2D eigenvalue weighted by molar-refractivity contribution is 5.09. The fourth-order valence-corrected chi connectivity index (χ4v) is 1.90. The Kier molecular flexibility index (Phi) is 5.44. The first-order valence-electron chi connectivity index (χ1n) is 6.78. The summed E-state index contributed by atoms with van der Waals surface area (Å²) in [6, 6.07) is 2.87. The number of aliphatic hydroxyl groups is 1. The number of hydrogen-bond acceptors (Lipinski definition) is 3. The van der Waals surface area contributed by atoms with E-state index in [1.165, 1.54) is 6.07 Å². The minimum absolute atomic E-state index is 0.0359. The van der Waals surface area contributed by atoms with Crippen LogP contribution in [0.2, 0.25) is 0 Å². The SMILES string of the molecule is CCC(C)(C)N(C)CC(C)C(O)c1ccc(F)cn1. The summed E-state index contributed by atoms with van der Waals surface area (Å²) in [4.78, 5) is 6.19. The van der Waals surface area contributed by atoms with E-state index in [2.05, 4.69) is 37.7 Å². The van der Waals surface area contributed by atoms with Crippen molar-refractivity contribution in [3.8, 4) is 0 Å². The van der Waals surface area contributed by atoms with Gasteiger partial charge in [-0.05, 0) is 39.4 Å². The lowest BCUT2D eigenvalue weighted by Crippen LogP contribution is -2.43. The van der Waals surface area contributed by atoms with Gasteiger partial charge in [0.15, 0.2) is 0 Å². The first kappa shape index (κ1) is 16.1. The summed E-state index contributed by atoms with van der Waals surface area (Å²) in [7, 11) is 2.06. The summed E-state index contributed by atoms with van der Waals surface area (Å²) in [5, 5.41) is 10.3. The third kappa shape index (κ3) is 4.25. The Morgan fingerprint density at radius 1 is 1.42 bits per heavy atom. The van der Waals surface area contributed by atoms with Crippen LogP contribution in [-0.2, 0) is 0 Å². The van der Waals surface area contributed by atoms with Crippen molar-refractivity contribution in [2.45, 2.75) is 45.8 Å². The standard InChI is InChI=1S/C15H25FN2O/c1-6-15(3,4)18(5)10-11(2)14(19)13-8-7-12(16)9-17-13/h7-9,11,14,19H,6,10H2,1-5H3. The summed E-state index contributed by atoms with van der Waals surface area (Å²) < 4.78 is 12.8. The molecular weight excluding hydrogens is 243 g/mol. The minimum atomic E-state index is -0.671. The smallest absolute Gasteiger partial charge is 0.141 e. The molecule has 4 heteroatoms. The van der Waals surface area contributed by atoms with Gasteiger partial charge in [-0.2, -0.15) is 0 Å². The molecule has 108 valence electrons. The predicted molar refractivity (Wildman–Crippen MR) is 75.3 cm³/mol. The molecule has 0 aliphatic rings. The number of aliphatic hydroxyl groups excluding tert-OH is 1. The predicted octanol–water partition coefficient (Wildman–Crippen LogP) is 3.01. The molecule has 0 saturated heterocycles. The Balaban J connectivity index is 2.67. The molecule has 1 heterocycles. The van der Waals surface area contributed by atoms with E-state index in [-0.39, 0.29) is 17.3 Å². The van der Waals surface area contributed by atoms with Crippen LogP contribution in [0.4, 0.5) is 4.39 Å². The fourth-order valence-electron chi connectivity index (χ4n) is 1.90. The van der Waals surface area contributed by atoms with Crippen molar-refractivity contribution >= 4 is 0 Å². The zero-order chi connectivity index (χ0) is 14.6. The normalized spacial score (nSPS) is 15.6. The van der Waals surface area contributed by atoms with Crippen LogP contribution in [0.15, 0.2) is 18.3 Å². The molecule has 2 atom stereocenters. The highest BCUT2D eigenvalue weighted by Crippen LogP contribution is 2.24. The molecule has 0 saturated carbocycles. The van der Waals surface area contributed by atoms with Crippen LogP contribution in [0.25, 0.3) is 0 Å². The van der Waals surface area contributed by atoms with E-state index in [1.54, 1.807) is 6.07 Å². The summed E-state index contributed by atoms with van der Waals surface area (Å²) in [5.74, 6) is -0.346. The van der Waals surface area contributed by atoms with E-state index in [0.717, 1.165) is 19.2 Å². The highest BCUT2D eigenvalue weighted by Gasteiger charge is 2.26. The molecule has 1 aromatic heterocycles. The van der Waals surface area contributed by atoms with Gasteiger partial charge in [-0.1, -0.05) is 13.8 Å². The maximum Gasteiger partial charge on any atom is 0.141 e. The average molecular weight is 268 g/mol. The summed E-state index contributed by atoms with van der Waals surface area (Å²) in [6.45, 7) is 9.27. The molecule has 0 aliphatic heterocycles. The molecule has 3 nitrogen and oxygen atoms in total. The van der Waals surface area contributed by atoms with Crippen molar-refractivity contribution < 1.29 is 9.50 Å². The van der Waals surface area contributed by atoms with Gasteiger partial charge < -0.3 is 10.0 Å². The van der Waals surface area contributed by atoms with Gasteiger partial charge in [-0.15, -0.1) is 0 Å². The number of hydrogen-bond donors (Lipinski definition) is 1. The van der Waals surface area contributed by atoms with Crippen molar-refractivity contribution in [3.63, 3.8) is 0 Å². The molecule has 2 unspecified atom stereocenters. The molecule has 0 aromatic carbocycles. The van der Waals surface area contributed by atoms with E-state index in [0.29, 0.717) is 5.69 Å². The lowest BCUT2D eigenvalue weighted by atomic mass is 9.95. The molecule has 0 fully saturated rings. The van der Waals surface area contributed by atoms with Crippen LogP contribution < -0.4 is 0 Å². The maximum atomic E-state index is 12.8. The molecule has 0 radical (unpaired) electrons. The van der Waals surface area contributed by atoms with Gasteiger partial charge in [-0.25, -0.2) is 4.39 Å². The number of nitrogens with zero attached hydrogens (tertiary/aromatic N) is 2. The number of halogens is 1. The van der Waals surface area contributed by atoms with Crippen molar-refractivity contribution in [3.05, 3.63) is 29.8 Å². The fraction of sp³-hybridized carbons (Fsp3) is 0.667. The number of rotatable bonds is 6. The Hall–Kier alpha value is -1.00. The first-order chi connectivity index (χ1) is 8.77. The van der Waals surface area contributed by atoms with Crippen molar-refractivity contribution in [2.24, 2.45) is 5.92 Å². The van der Waals surface area contributed by atoms with Crippen LogP contribution >= 0.6 is 0 Å². The molecule has 0 spiro atoms. The quantitative estimate of drug-likeness (QED) is 0.861. The van der Waals surface area contributed by atoms with Gasteiger partial charge in [0.25, 0.3) is 0 Å². The van der Waals surface area contributed by atoms with E-state index in [9.17, 15) is 9.50 Å². The monoisotopic (exact) mass is 268 g/mol. The molecule has 1 N–H and O–H groups in total. The summed E-state index contributed by atoms with van der Waals surface area (Å²) in [5.41, 5.74) is 0.626. The van der Waals surface area contributed by atoms with Crippen LogP contribution in [-0.4, -0.2) is 34.1 Å².